The number of likely N-dealkylation sites (tertiary alicyclic amines) is 1. The van der Waals surface area contributed by atoms with Crippen LogP contribution in [0.3, 0.4) is 0 Å². The second-order valence-corrected chi connectivity index (χ2v) is 14.3. The van der Waals surface area contributed by atoms with Gasteiger partial charge in [-0.25, -0.2) is 4.79 Å². The third-order valence-electron chi connectivity index (χ3n) is 7.55. The molecule has 260 valence electrons. The fraction of sp³-hybridized carbons (Fsp3) is 0.818. The summed E-state index contributed by atoms with van der Waals surface area (Å²) in [6.45, 7) is 18.2. The lowest BCUT2D eigenvalue weighted by Crippen LogP contribution is -2.60. The number of carbonyl (C=O) groups excluding carboxylic acids is 6. The first kappa shape index (κ1) is 41.8. The van der Waals surface area contributed by atoms with Crippen molar-refractivity contribution < 1.29 is 28.8 Å². The van der Waals surface area contributed by atoms with Crippen LogP contribution in [0, 0.1) is 23.2 Å². The van der Waals surface area contributed by atoms with Crippen LogP contribution in [-0.4, -0.2) is 90.6 Å². The normalized spacial score (nSPS) is 19.0. The van der Waals surface area contributed by atoms with Crippen LogP contribution in [0.25, 0.3) is 0 Å². The standard InChI is InChI=1S/C25H42N6O6.2C4H10/c1-14-10-17(22(35)28-16(19(33)21(26)34)11-15-8-7-9-15)31(13-14)23(36)20(25(2,3)4)29-24(37)27-12-18(32)30(5)6;1-4(2)3;1-3-4-2/h14-17,20H,7-13H2,1-6H3,(H2,26,34)(H,28,35)(H2,27,29,37);4H,1-3H3;3-4H2,1-2H3/t14?,16?,17-,20?;;/m0../s1. The van der Waals surface area contributed by atoms with Gasteiger partial charge in [-0.15, -0.1) is 0 Å². The van der Waals surface area contributed by atoms with Crippen molar-refractivity contribution in [2.24, 2.45) is 28.9 Å². The molecule has 12 nitrogen and oxygen atoms in total. The molecular formula is C33H62N6O6. The van der Waals surface area contributed by atoms with Crippen molar-refractivity contribution in [2.45, 2.75) is 125 Å². The maximum atomic E-state index is 13.7. The van der Waals surface area contributed by atoms with Crippen LogP contribution in [0.15, 0.2) is 0 Å². The van der Waals surface area contributed by atoms with E-state index in [0.29, 0.717) is 19.4 Å². The zero-order chi connectivity index (χ0) is 35.1. The van der Waals surface area contributed by atoms with E-state index in [1.54, 1.807) is 34.9 Å². The van der Waals surface area contributed by atoms with E-state index >= 15 is 0 Å². The van der Waals surface area contributed by atoms with Gasteiger partial charge in [0.15, 0.2) is 0 Å². The lowest BCUT2D eigenvalue weighted by molar-refractivity contribution is -0.143. The quantitative estimate of drug-likeness (QED) is 0.253. The Morgan fingerprint density at radius 3 is 1.89 bits per heavy atom. The van der Waals surface area contributed by atoms with E-state index in [4.69, 9.17) is 5.73 Å². The Labute approximate surface area is 271 Å². The van der Waals surface area contributed by atoms with Gasteiger partial charge in [-0.1, -0.05) is 94.4 Å². The third-order valence-corrected chi connectivity index (χ3v) is 7.55. The minimum absolute atomic E-state index is 0.00350. The zero-order valence-corrected chi connectivity index (χ0v) is 29.7. The summed E-state index contributed by atoms with van der Waals surface area (Å²) in [6.07, 6.45) is 6.23. The van der Waals surface area contributed by atoms with E-state index in [-0.39, 0.29) is 24.3 Å². The zero-order valence-electron chi connectivity index (χ0n) is 29.7. The Kier molecular flexibility index (Phi) is 18.6. The van der Waals surface area contributed by atoms with Crippen molar-refractivity contribution in [1.82, 2.24) is 25.8 Å². The van der Waals surface area contributed by atoms with Crippen molar-refractivity contribution in [3.63, 3.8) is 0 Å². The minimum Gasteiger partial charge on any atom is -0.363 e. The van der Waals surface area contributed by atoms with Gasteiger partial charge < -0.3 is 31.5 Å². The molecule has 1 aliphatic carbocycles. The number of ketones is 1. The Morgan fingerprint density at radius 2 is 1.49 bits per heavy atom. The van der Waals surface area contributed by atoms with E-state index in [1.165, 1.54) is 22.6 Å². The van der Waals surface area contributed by atoms with Crippen molar-refractivity contribution in [2.75, 3.05) is 27.2 Å². The molecule has 2 aliphatic rings. The van der Waals surface area contributed by atoms with E-state index in [1.807, 2.05) is 6.92 Å². The number of nitrogens with one attached hydrogen (secondary N) is 3. The maximum absolute atomic E-state index is 13.7. The Morgan fingerprint density at radius 1 is 0.956 bits per heavy atom. The predicted molar refractivity (Wildman–Crippen MR) is 177 cm³/mol. The molecule has 1 saturated heterocycles. The number of nitrogens with two attached hydrogens (primary N) is 1. The molecule has 1 aliphatic heterocycles. The van der Waals surface area contributed by atoms with Gasteiger partial charge in [0.25, 0.3) is 5.91 Å². The number of likely N-dealkylation sites (N-methyl/N-ethyl adjacent to an activating group) is 1. The van der Waals surface area contributed by atoms with Crippen LogP contribution in [0.2, 0.25) is 0 Å². The van der Waals surface area contributed by atoms with Crippen LogP contribution < -0.4 is 21.7 Å². The number of hydrogen-bond acceptors (Lipinski definition) is 6. The highest BCUT2D eigenvalue weighted by Crippen LogP contribution is 2.31. The number of nitrogens with zero attached hydrogens (tertiary/aromatic N) is 2. The first-order valence-electron chi connectivity index (χ1n) is 16.4. The molecule has 0 aromatic carbocycles. The third kappa shape index (κ3) is 15.6. The molecule has 0 bridgehead atoms. The molecule has 0 aromatic heterocycles. The number of hydrogen-bond donors (Lipinski definition) is 4. The predicted octanol–water partition coefficient (Wildman–Crippen LogP) is 3.22. The highest BCUT2D eigenvalue weighted by Gasteiger charge is 2.44. The van der Waals surface area contributed by atoms with Crippen LogP contribution in [0.1, 0.15) is 107 Å². The number of Topliss-reactive ketones (excluding diaryl/α,β-unsaturated/α-hetero) is 1. The van der Waals surface area contributed by atoms with Gasteiger partial charge in [-0.2, -0.15) is 0 Å². The SMILES string of the molecule is CC(C)C.CC1C[C@@H](C(=O)NC(CC2CCC2)C(=O)C(N)=O)N(C(=O)C(NC(=O)NCC(=O)N(C)C)C(C)(C)C)C1.CCCC. The second kappa shape index (κ2) is 20.0. The molecule has 5 N–H and O–H groups in total. The lowest BCUT2D eigenvalue weighted by Gasteiger charge is -2.36. The molecule has 6 amide bonds. The summed E-state index contributed by atoms with van der Waals surface area (Å²) in [5.74, 6) is -2.14. The summed E-state index contributed by atoms with van der Waals surface area (Å²) >= 11 is 0. The molecule has 3 unspecified atom stereocenters. The number of primary amides is 1. The topological polar surface area (TPSA) is 171 Å². The summed E-state index contributed by atoms with van der Waals surface area (Å²) in [7, 11) is 3.13. The van der Waals surface area contributed by atoms with Crippen LogP contribution in [0.5, 0.6) is 0 Å². The summed E-state index contributed by atoms with van der Waals surface area (Å²) < 4.78 is 0. The molecule has 45 heavy (non-hydrogen) atoms. The van der Waals surface area contributed by atoms with Crippen molar-refractivity contribution in [3.05, 3.63) is 0 Å². The van der Waals surface area contributed by atoms with Crippen LogP contribution >= 0.6 is 0 Å². The summed E-state index contributed by atoms with van der Waals surface area (Å²) in [4.78, 5) is 78.1. The molecule has 1 heterocycles. The van der Waals surface area contributed by atoms with Crippen molar-refractivity contribution in [3.8, 4) is 0 Å². The molecule has 1 saturated carbocycles. The van der Waals surface area contributed by atoms with Gasteiger partial charge in [0.1, 0.15) is 12.1 Å². The van der Waals surface area contributed by atoms with Gasteiger partial charge in [0.05, 0.1) is 12.6 Å². The molecule has 2 fully saturated rings. The average Bonchev–Trinajstić information content (AvgIpc) is 3.31. The van der Waals surface area contributed by atoms with Crippen molar-refractivity contribution in [1.29, 1.82) is 0 Å². The van der Waals surface area contributed by atoms with Gasteiger partial charge in [0.2, 0.25) is 23.5 Å². The molecule has 2 rings (SSSR count). The van der Waals surface area contributed by atoms with Gasteiger partial charge >= 0.3 is 6.03 Å². The first-order valence-corrected chi connectivity index (χ1v) is 16.4. The molecule has 0 radical (unpaired) electrons. The summed E-state index contributed by atoms with van der Waals surface area (Å²) in [6, 6.07) is -3.55. The number of rotatable bonds is 11. The largest absolute Gasteiger partial charge is 0.363 e. The van der Waals surface area contributed by atoms with Crippen LogP contribution in [0.4, 0.5) is 4.79 Å². The number of unbranched alkanes of at least 4 members (excludes halogenated alkanes) is 1. The highest BCUT2D eigenvalue weighted by atomic mass is 16.2. The Hall–Kier alpha value is -3.18. The first-order chi connectivity index (χ1) is 20.8. The smallest absolute Gasteiger partial charge is 0.315 e. The molecule has 4 atom stereocenters. The van der Waals surface area contributed by atoms with Gasteiger partial charge in [0, 0.05) is 20.6 Å². The number of carbonyl (C=O) groups is 6. The van der Waals surface area contributed by atoms with E-state index in [2.05, 4.69) is 50.6 Å². The summed E-state index contributed by atoms with van der Waals surface area (Å²) in [5, 5.41) is 7.80. The van der Waals surface area contributed by atoms with Gasteiger partial charge in [-0.3, -0.25) is 24.0 Å². The molecule has 0 spiro atoms. The Bertz CT molecular complexity index is 984. The number of amides is 6. The molecule has 12 heteroatoms. The Balaban J connectivity index is 0.00000215. The van der Waals surface area contributed by atoms with Crippen molar-refractivity contribution >= 4 is 35.4 Å². The maximum Gasteiger partial charge on any atom is 0.315 e. The highest BCUT2D eigenvalue weighted by molar-refractivity contribution is 6.37. The summed E-state index contributed by atoms with van der Waals surface area (Å²) in [5.41, 5.74) is 4.51. The average molecular weight is 639 g/mol. The van der Waals surface area contributed by atoms with Gasteiger partial charge in [-0.05, 0) is 36.0 Å². The fourth-order valence-electron chi connectivity index (χ4n) is 4.58. The lowest BCUT2D eigenvalue weighted by atomic mass is 9.80. The molecular weight excluding hydrogens is 576 g/mol. The number of urea groups is 1. The van der Waals surface area contributed by atoms with E-state index < -0.39 is 53.1 Å². The minimum atomic E-state index is -1.10. The monoisotopic (exact) mass is 638 g/mol. The second-order valence-electron chi connectivity index (χ2n) is 14.3. The fourth-order valence-corrected chi connectivity index (χ4v) is 4.58. The molecule has 0 aromatic rings. The van der Waals surface area contributed by atoms with E-state index in [0.717, 1.165) is 25.2 Å². The van der Waals surface area contributed by atoms with E-state index in [9.17, 15) is 28.8 Å². The van der Waals surface area contributed by atoms with Crippen LogP contribution in [-0.2, 0) is 24.0 Å².